The number of rotatable bonds is 5. The number of halogens is 1. The van der Waals surface area contributed by atoms with E-state index in [-0.39, 0.29) is 11.6 Å². The molecule has 2 rings (SSSR count). The summed E-state index contributed by atoms with van der Waals surface area (Å²) in [6.07, 6.45) is 0.873. The fourth-order valence-electron chi connectivity index (χ4n) is 1.62. The third-order valence-electron chi connectivity index (χ3n) is 2.57. The molecule has 0 fully saturated rings. The topological polar surface area (TPSA) is 76.5 Å². The lowest BCUT2D eigenvalue weighted by Crippen LogP contribution is -2.17. The summed E-state index contributed by atoms with van der Waals surface area (Å²) in [5.74, 6) is 1.01. The largest absolute Gasteiger partial charge is 0.343 e. The van der Waals surface area contributed by atoms with E-state index in [0.717, 1.165) is 21.9 Å². The predicted octanol–water partition coefficient (Wildman–Crippen LogP) is 2.81. The van der Waals surface area contributed by atoms with Crippen LogP contribution in [-0.2, 0) is 6.54 Å². The van der Waals surface area contributed by atoms with Crippen LogP contribution in [0.25, 0.3) is 0 Å². The second-order valence-electron chi connectivity index (χ2n) is 4.61. The van der Waals surface area contributed by atoms with Crippen molar-refractivity contribution in [2.75, 3.05) is 0 Å². The first-order valence-corrected chi connectivity index (χ1v) is 7.99. The summed E-state index contributed by atoms with van der Waals surface area (Å²) in [5, 5.41) is 7.91. The van der Waals surface area contributed by atoms with E-state index in [2.05, 4.69) is 36.1 Å². The minimum atomic E-state index is -0.188. The van der Waals surface area contributed by atoms with Crippen molar-refractivity contribution in [3.63, 3.8) is 0 Å². The lowest BCUT2D eigenvalue weighted by Gasteiger charge is -2.07. The van der Waals surface area contributed by atoms with Crippen molar-refractivity contribution in [2.24, 2.45) is 0 Å². The summed E-state index contributed by atoms with van der Waals surface area (Å²) in [6.45, 7) is 6.74. The predicted molar refractivity (Wildman–Crippen MR) is 81.1 cm³/mol. The first-order chi connectivity index (χ1) is 9.51. The van der Waals surface area contributed by atoms with E-state index in [1.807, 2.05) is 26.8 Å². The van der Waals surface area contributed by atoms with Crippen LogP contribution < -0.4 is 5.69 Å². The fraction of sp³-hybridized carbons (Fsp3) is 0.500. The molecule has 108 valence electrons. The molecule has 20 heavy (non-hydrogen) atoms. The molecule has 1 N–H and O–H groups in total. The van der Waals surface area contributed by atoms with Gasteiger partial charge >= 0.3 is 5.69 Å². The van der Waals surface area contributed by atoms with Gasteiger partial charge in [-0.15, -0.1) is 5.10 Å². The van der Waals surface area contributed by atoms with Crippen LogP contribution in [0, 0.1) is 0 Å². The molecule has 8 heteroatoms. The first-order valence-electron chi connectivity index (χ1n) is 6.38. The first kappa shape index (κ1) is 15.2. The number of hydrogen-bond acceptors (Lipinski definition) is 5. The average molecular weight is 358 g/mol. The van der Waals surface area contributed by atoms with Gasteiger partial charge in [0.2, 0.25) is 0 Å². The number of H-pyrrole nitrogens is 1. The van der Waals surface area contributed by atoms with Gasteiger partial charge in [-0.3, -0.25) is 4.57 Å². The molecule has 0 bridgehead atoms. The number of nitrogens with zero attached hydrogens (tertiary/aromatic N) is 4. The Labute approximate surface area is 129 Å². The van der Waals surface area contributed by atoms with Crippen LogP contribution in [-0.4, -0.2) is 24.7 Å². The van der Waals surface area contributed by atoms with Crippen LogP contribution in [0.4, 0.5) is 0 Å². The third-order valence-corrected chi connectivity index (χ3v) is 3.89. The maximum Gasteiger partial charge on any atom is 0.343 e. The zero-order valence-electron chi connectivity index (χ0n) is 11.6. The maximum atomic E-state index is 11.7. The van der Waals surface area contributed by atoms with Crippen LogP contribution in [0.1, 0.15) is 38.9 Å². The number of aromatic nitrogens is 5. The molecule has 0 radical (unpaired) electrons. The maximum absolute atomic E-state index is 11.7. The van der Waals surface area contributed by atoms with Crippen molar-refractivity contribution < 1.29 is 0 Å². The van der Waals surface area contributed by atoms with Crippen molar-refractivity contribution in [1.29, 1.82) is 0 Å². The molecule has 0 amide bonds. The number of aromatic amines is 1. The monoisotopic (exact) mass is 357 g/mol. The summed E-state index contributed by atoms with van der Waals surface area (Å²) in [6, 6.07) is 1.83. The Morgan fingerprint density at radius 2 is 2.20 bits per heavy atom. The summed E-state index contributed by atoms with van der Waals surface area (Å²) in [4.78, 5) is 20.5. The van der Waals surface area contributed by atoms with Crippen LogP contribution in [0.5, 0.6) is 0 Å². The van der Waals surface area contributed by atoms with Gasteiger partial charge in [-0.25, -0.2) is 19.9 Å². The molecule has 6 nitrogen and oxygen atoms in total. The Morgan fingerprint density at radius 1 is 1.45 bits per heavy atom. The number of nitrogens with one attached hydrogen (secondary N) is 1. The lowest BCUT2D eigenvalue weighted by molar-refractivity contribution is 0.603. The van der Waals surface area contributed by atoms with Gasteiger partial charge in [0.1, 0.15) is 15.5 Å². The quantitative estimate of drug-likeness (QED) is 0.832. The van der Waals surface area contributed by atoms with Crippen LogP contribution in [0.15, 0.2) is 25.6 Å². The Morgan fingerprint density at radius 3 is 2.85 bits per heavy atom. The molecule has 0 unspecified atom stereocenters. The van der Waals surface area contributed by atoms with E-state index < -0.39 is 0 Å². The van der Waals surface area contributed by atoms with Crippen molar-refractivity contribution in [1.82, 2.24) is 24.7 Å². The van der Waals surface area contributed by atoms with Crippen molar-refractivity contribution in [3.05, 3.63) is 27.0 Å². The molecule has 0 saturated heterocycles. The van der Waals surface area contributed by atoms with Crippen LogP contribution >= 0.6 is 27.7 Å². The van der Waals surface area contributed by atoms with Crippen molar-refractivity contribution >= 4 is 27.7 Å². The standard InChI is InChI=1S/C12H16BrN5OS/c1-4-5-18-11(19)16-17-12(18)20-9-6-8(13)14-10(15-9)7(2)3/h6-7H,4-5H2,1-3H3,(H,16,19). The molecular weight excluding hydrogens is 342 g/mol. The smallest absolute Gasteiger partial charge is 0.270 e. The molecule has 2 aromatic rings. The molecule has 0 atom stereocenters. The highest BCUT2D eigenvalue weighted by Crippen LogP contribution is 2.26. The van der Waals surface area contributed by atoms with Crippen LogP contribution in [0.2, 0.25) is 0 Å². The van der Waals surface area contributed by atoms with E-state index in [1.165, 1.54) is 11.8 Å². The van der Waals surface area contributed by atoms with E-state index >= 15 is 0 Å². The highest BCUT2D eigenvalue weighted by molar-refractivity contribution is 9.10. The van der Waals surface area contributed by atoms with Gasteiger partial charge in [0.15, 0.2) is 5.16 Å². The summed E-state index contributed by atoms with van der Waals surface area (Å²) in [5.41, 5.74) is -0.188. The zero-order chi connectivity index (χ0) is 14.7. The van der Waals surface area contributed by atoms with Crippen molar-refractivity contribution in [2.45, 2.75) is 49.8 Å². The third kappa shape index (κ3) is 3.49. The molecular formula is C12H16BrN5OS. The van der Waals surface area contributed by atoms with Gasteiger partial charge in [-0.2, -0.15) is 0 Å². The van der Waals surface area contributed by atoms with E-state index in [0.29, 0.717) is 11.7 Å². The molecule has 0 aliphatic rings. The zero-order valence-corrected chi connectivity index (χ0v) is 14.0. The highest BCUT2D eigenvalue weighted by Gasteiger charge is 2.13. The molecule has 0 aliphatic carbocycles. The van der Waals surface area contributed by atoms with Gasteiger partial charge < -0.3 is 0 Å². The molecule has 0 spiro atoms. The van der Waals surface area contributed by atoms with Gasteiger partial charge in [0, 0.05) is 18.5 Å². The van der Waals surface area contributed by atoms with Gasteiger partial charge in [0.25, 0.3) is 0 Å². The molecule has 2 aromatic heterocycles. The molecule has 0 saturated carbocycles. The lowest BCUT2D eigenvalue weighted by atomic mass is 10.2. The van der Waals surface area contributed by atoms with E-state index in [1.54, 1.807) is 4.57 Å². The number of hydrogen-bond donors (Lipinski definition) is 1. The Hall–Kier alpha value is -1.15. The Bertz CT molecular complexity index is 652. The van der Waals surface area contributed by atoms with Crippen molar-refractivity contribution in [3.8, 4) is 0 Å². The average Bonchev–Trinajstić information content (AvgIpc) is 2.71. The van der Waals surface area contributed by atoms with Gasteiger partial charge in [-0.05, 0) is 34.1 Å². The Kier molecular flexibility index (Phi) is 4.98. The second-order valence-corrected chi connectivity index (χ2v) is 6.41. The molecule has 2 heterocycles. The fourth-order valence-corrected chi connectivity index (χ4v) is 3.04. The second kappa shape index (κ2) is 6.53. The minimum Gasteiger partial charge on any atom is -0.270 e. The Balaban J connectivity index is 2.32. The molecule has 0 aromatic carbocycles. The van der Waals surface area contributed by atoms with E-state index in [9.17, 15) is 4.79 Å². The summed E-state index contributed by atoms with van der Waals surface area (Å²) < 4.78 is 2.36. The summed E-state index contributed by atoms with van der Waals surface area (Å²) >= 11 is 4.75. The van der Waals surface area contributed by atoms with Crippen LogP contribution in [0.3, 0.4) is 0 Å². The SMILES string of the molecule is CCCn1c(Sc2cc(Br)nc(C(C)C)n2)n[nH]c1=O. The molecule has 0 aliphatic heterocycles. The van der Waals surface area contributed by atoms with Gasteiger partial charge in [-0.1, -0.05) is 20.8 Å². The minimum absolute atomic E-state index is 0.188. The van der Waals surface area contributed by atoms with Gasteiger partial charge in [0.05, 0.1) is 0 Å². The summed E-state index contributed by atoms with van der Waals surface area (Å²) in [7, 11) is 0. The van der Waals surface area contributed by atoms with E-state index in [4.69, 9.17) is 0 Å². The normalized spacial score (nSPS) is 11.2. The highest BCUT2D eigenvalue weighted by atomic mass is 79.9.